The van der Waals surface area contributed by atoms with E-state index in [2.05, 4.69) is 10.7 Å². The van der Waals surface area contributed by atoms with Gasteiger partial charge in [0.25, 0.3) is 5.91 Å². The van der Waals surface area contributed by atoms with Crippen molar-refractivity contribution in [3.8, 4) is 5.75 Å². The van der Waals surface area contributed by atoms with Gasteiger partial charge < -0.3 is 21.3 Å². The number of hydrogen-bond acceptors (Lipinski definition) is 6. The maximum absolute atomic E-state index is 10.5. The summed E-state index contributed by atoms with van der Waals surface area (Å²) in [6.07, 6.45) is 2.40. The molecule has 0 unspecified atom stereocenters. The van der Waals surface area contributed by atoms with Gasteiger partial charge in [0.05, 0.1) is 18.3 Å². The van der Waals surface area contributed by atoms with Crippen molar-refractivity contribution in [3.05, 3.63) is 60.4 Å². The van der Waals surface area contributed by atoms with E-state index in [1.165, 1.54) is 6.92 Å². The molecule has 0 bridgehead atoms. The minimum atomic E-state index is -1.20. The summed E-state index contributed by atoms with van der Waals surface area (Å²) in [6.45, 7) is 1.90. The molecule has 0 aliphatic carbocycles. The first kappa shape index (κ1) is 19.3. The number of aliphatic hydroxyl groups is 1. The lowest BCUT2D eigenvalue weighted by Gasteiger charge is -2.09. The van der Waals surface area contributed by atoms with E-state index < -0.39 is 23.8 Å². The molecule has 0 fully saturated rings. The Morgan fingerprint density at radius 3 is 2.33 bits per heavy atom. The number of carbonyl (C=O) groups is 2. The number of Topliss-reactive ketones (excluding diaryl/α,β-unsaturated/α-hetero) is 1. The van der Waals surface area contributed by atoms with Crippen molar-refractivity contribution >= 4 is 11.7 Å². The largest absolute Gasteiger partial charge is 0.487 e. The Morgan fingerprint density at radius 1 is 1.21 bits per heavy atom. The van der Waals surface area contributed by atoms with Gasteiger partial charge in [0.1, 0.15) is 12.4 Å². The number of nitrogens with zero attached hydrogens (tertiary/aromatic N) is 1. The van der Waals surface area contributed by atoms with Crippen LogP contribution >= 0.6 is 0 Å². The predicted molar refractivity (Wildman–Crippen MR) is 88.9 cm³/mol. The van der Waals surface area contributed by atoms with Gasteiger partial charge in [0.2, 0.25) is 5.78 Å². The number of nitrogens with two attached hydrogens (primary N) is 2. The van der Waals surface area contributed by atoms with Crippen molar-refractivity contribution in [1.82, 2.24) is 4.98 Å². The second-order valence-corrected chi connectivity index (χ2v) is 4.96. The SMILES string of the molecule is C[C@@H](O)[C@H](N)C(=O)C(N)=O.c1ccc(COc2cccnc2)cc1. The lowest BCUT2D eigenvalue weighted by Crippen LogP contribution is -2.46. The molecule has 0 saturated heterocycles. The molecule has 0 radical (unpaired) electrons. The molecule has 7 heteroatoms. The van der Waals surface area contributed by atoms with E-state index >= 15 is 0 Å². The van der Waals surface area contributed by atoms with E-state index in [1.54, 1.807) is 12.4 Å². The van der Waals surface area contributed by atoms with Gasteiger partial charge in [-0.25, -0.2) is 0 Å². The highest BCUT2D eigenvalue weighted by Crippen LogP contribution is 2.09. The number of pyridine rings is 1. The Bertz CT molecular complexity index is 593. The van der Waals surface area contributed by atoms with Gasteiger partial charge in [-0.15, -0.1) is 0 Å². The van der Waals surface area contributed by atoms with Crippen LogP contribution in [0.3, 0.4) is 0 Å². The van der Waals surface area contributed by atoms with Gasteiger partial charge in [-0.2, -0.15) is 0 Å². The van der Waals surface area contributed by atoms with Gasteiger partial charge in [-0.05, 0) is 24.6 Å². The minimum absolute atomic E-state index is 0.590. The number of ketones is 1. The molecular formula is C17H21N3O4. The summed E-state index contributed by atoms with van der Waals surface area (Å²) >= 11 is 0. The molecule has 1 amide bonds. The third-order valence-electron chi connectivity index (χ3n) is 2.95. The molecule has 0 aliphatic rings. The van der Waals surface area contributed by atoms with E-state index in [1.807, 2.05) is 42.5 Å². The molecule has 0 saturated carbocycles. The fourth-order valence-electron chi connectivity index (χ4n) is 1.56. The molecule has 128 valence electrons. The smallest absolute Gasteiger partial charge is 0.286 e. The number of primary amides is 1. The van der Waals surface area contributed by atoms with Crippen LogP contribution in [0.5, 0.6) is 5.75 Å². The predicted octanol–water partition coefficient (Wildman–Crippen LogP) is 0.410. The van der Waals surface area contributed by atoms with Crippen LogP contribution < -0.4 is 16.2 Å². The van der Waals surface area contributed by atoms with Crippen molar-refractivity contribution in [2.45, 2.75) is 25.7 Å². The second-order valence-electron chi connectivity index (χ2n) is 4.96. The maximum Gasteiger partial charge on any atom is 0.286 e. The summed E-state index contributed by atoms with van der Waals surface area (Å²) in [5.74, 6) is -1.26. The molecule has 0 spiro atoms. The number of carbonyl (C=O) groups excluding carboxylic acids is 2. The van der Waals surface area contributed by atoms with Gasteiger partial charge >= 0.3 is 0 Å². The van der Waals surface area contributed by atoms with Gasteiger partial charge in [0.15, 0.2) is 0 Å². The summed E-state index contributed by atoms with van der Waals surface area (Å²) in [7, 11) is 0. The average Bonchev–Trinajstić information content (AvgIpc) is 2.61. The molecule has 1 aromatic heterocycles. The Kier molecular flexibility index (Phi) is 8.10. The van der Waals surface area contributed by atoms with Crippen LogP contribution in [0, 0.1) is 0 Å². The number of amides is 1. The summed E-state index contributed by atoms with van der Waals surface area (Å²) in [5.41, 5.74) is 10.8. The highest BCUT2D eigenvalue weighted by atomic mass is 16.5. The van der Waals surface area contributed by atoms with Crippen molar-refractivity contribution < 1.29 is 19.4 Å². The maximum atomic E-state index is 10.5. The quantitative estimate of drug-likeness (QED) is 0.658. The topological polar surface area (TPSA) is 129 Å². The summed E-state index contributed by atoms with van der Waals surface area (Å²) in [5, 5.41) is 8.69. The highest BCUT2D eigenvalue weighted by molar-refractivity contribution is 6.37. The van der Waals surface area contributed by atoms with E-state index in [0.717, 1.165) is 11.3 Å². The Hall–Kier alpha value is -2.77. The lowest BCUT2D eigenvalue weighted by atomic mass is 10.1. The number of aliphatic hydroxyl groups excluding tert-OH is 1. The molecule has 2 atom stereocenters. The molecule has 2 aromatic rings. The van der Waals surface area contributed by atoms with Crippen LogP contribution in [-0.4, -0.2) is 33.9 Å². The standard InChI is InChI=1S/C12H11NO.C5H10N2O3/c1-2-5-11(6-3-1)10-14-12-7-4-8-13-9-12;1-2(8)3(6)4(9)5(7)10/h1-9H,10H2;2-3,8H,6H2,1H3,(H2,7,10)/t;2-,3+/m.1/s1. The van der Waals surface area contributed by atoms with Crippen LogP contribution in [0.1, 0.15) is 12.5 Å². The highest BCUT2D eigenvalue weighted by Gasteiger charge is 2.22. The van der Waals surface area contributed by atoms with Crippen molar-refractivity contribution in [2.24, 2.45) is 11.5 Å². The first-order valence-corrected chi connectivity index (χ1v) is 7.26. The van der Waals surface area contributed by atoms with Crippen LogP contribution in [-0.2, 0) is 16.2 Å². The number of benzene rings is 1. The van der Waals surface area contributed by atoms with Crippen LogP contribution in [0.4, 0.5) is 0 Å². The van der Waals surface area contributed by atoms with E-state index in [4.69, 9.17) is 15.6 Å². The van der Waals surface area contributed by atoms with Gasteiger partial charge in [0, 0.05) is 6.20 Å². The minimum Gasteiger partial charge on any atom is -0.487 e. The first-order chi connectivity index (χ1) is 11.4. The monoisotopic (exact) mass is 331 g/mol. The molecule has 0 aliphatic heterocycles. The molecule has 24 heavy (non-hydrogen) atoms. The van der Waals surface area contributed by atoms with Crippen LogP contribution in [0.15, 0.2) is 54.9 Å². The van der Waals surface area contributed by atoms with E-state index in [0.29, 0.717) is 6.61 Å². The Balaban J connectivity index is 0.000000257. The zero-order chi connectivity index (χ0) is 17.9. The molecule has 7 nitrogen and oxygen atoms in total. The van der Waals surface area contributed by atoms with Crippen LogP contribution in [0.25, 0.3) is 0 Å². The zero-order valence-corrected chi connectivity index (χ0v) is 13.3. The van der Waals surface area contributed by atoms with Crippen molar-refractivity contribution in [1.29, 1.82) is 0 Å². The summed E-state index contributed by atoms with van der Waals surface area (Å²) < 4.78 is 5.53. The number of rotatable bonds is 6. The zero-order valence-electron chi connectivity index (χ0n) is 13.3. The molecule has 2 rings (SSSR count). The van der Waals surface area contributed by atoms with E-state index in [9.17, 15) is 9.59 Å². The van der Waals surface area contributed by atoms with Gasteiger partial charge in [-0.1, -0.05) is 30.3 Å². The summed E-state index contributed by atoms with van der Waals surface area (Å²) in [4.78, 5) is 24.6. The summed E-state index contributed by atoms with van der Waals surface area (Å²) in [6, 6.07) is 12.6. The fraction of sp³-hybridized carbons (Fsp3) is 0.235. The van der Waals surface area contributed by atoms with Crippen molar-refractivity contribution in [3.63, 3.8) is 0 Å². The Labute approximate surface area is 140 Å². The first-order valence-electron chi connectivity index (χ1n) is 7.26. The molecular weight excluding hydrogens is 310 g/mol. The molecule has 1 heterocycles. The number of aromatic nitrogens is 1. The molecule has 1 aromatic carbocycles. The normalized spacial score (nSPS) is 12.3. The van der Waals surface area contributed by atoms with Gasteiger partial charge in [-0.3, -0.25) is 14.6 Å². The van der Waals surface area contributed by atoms with E-state index in [-0.39, 0.29) is 0 Å². The second kappa shape index (κ2) is 10.1. The van der Waals surface area contributed by atoms with Crippen molar-refractivity contribution in [2.75, 3.05) is 0 Å². The average molecular weight is 331 g/mol. The Morgan fingerprint density at radius 2 is 1.88 bits per heavy atom. The third-order valence-corrected chi connectivity index (χ3v) is 2.95. The fourth-order valence-corrected chi connectivity index (χ4v) is 1.56. The number of hydrogen-bond donors (Lipinski definition) is 3. The lowest BCUT2D eigenvalue weighted by molar-refractivity contribution is -0.138. The molecule has 5 N–H and O–H groups in total. The van der Waals surface area contributed by atoms with Crippen LogP contribution in [0.2, 0.25) is 0 Å². The number of ether oxygens (including phenoxy) is 1. The third kappa shape index (κ3) is 6.99.